The molecule has 13 rings (SSSR count). The van der Waals surface area contributed by atoms with Gasteiger partial charge in [0.15, 0.2) is 8.07 Å². The molecule has 1 aliphatic heterocycles. The van der Waals surface area contributed by atoms with Gasteiger partial charge in [-0.05, 0) is 134 Å². The number of hydrogen-bond acceptors (Lipinski definition) is 4. The molecule has 12 aromatic rings. The number of anilines is 4. The van der Waals surface area contributed by atoms with E-state index in [1.807, 2.05) is 12.3 Å². The molecule has 3 heterocycles. The predicted molar refractivity (Wildman–Crippen MR) is 392 cm³/mol. The molecule has 1 aliphatic rings. The van der Waals surface area contributed by atoms with Crippen LogP contribution < -0.4 is 35.3 Å². The molecule has 93 heavy (non-hydrogen) atoms. The molecule has 7 heteroatoms. The van der Waals surface area contributed by atoms with Gasteiger partial charge in [-0.1, -0.05) is 273 Å². The van der Waals surface area contributed by atoms with E-state index < -0.39 is 8.07 Å². The van der Waals surface area contributed by atoms with Gasteiger partial charge in [-0.2, -0.15) is 12.1 Å². The summed E-state index contributed by atoms with van der Waals surface area (Å²) in [4.78, 5) is 9.76. The van der Waals surface area contributed by atoms with Crippen LogP contribution in [0.2, 0.25) is 0 Å². The normalized spacial score (nSPS) is 13.2. The van der Waals surface area contributed by atoms with E-state index in [-0.39, 0.29) is 48.1 Å². The van der Waals surface area contributed by atoms with Crippen molar-refractivity contribution in [3.8, 4) is 39.6 Å². The number of hydrogen-bond donors (Lipinski definition) is 0. The Hall–Kier alpha value is -8.54. The van der Waals surface area contributed by atoms with E-state index in [2.05, 4.69) is 361 Å². The molecule has 0 aliphatic carbocycles. The zero-order chi connectivity index (χ0) is 64.7. The molecule has 0 saturated carbocycles. The average Bonchev–Trinajstić information content (AvgIpc) is 1.05. The SMILES string of the molecule is CC(C)(C)c1cc(-c2ccc3c(c2)c2ccc(Oc4[c-]c(N5[CH-]N(c6cc(C(C)(C)C)cc(C(C)(C)C)c6)c6c(-c7cccc([Si](c8ccccc8)(c8ccccc8)c8ccccc8)c7)cccc65)ccc4)[c-]c2n3-c2cc(C(C)(C)C)ccn2)cc(C(C)(C)C)c1.[Pt]. The molecular formula is C86H85N4OPtSi-3. The molecule has 0 atom stereocenters. The van der Waals surface area contributed by atoms with Crippen LogP contribution >= 0.6 is 0 Å². The van der Waals surface area contributed by atoms with Crippen molar-refractivity contribution < 1.29 is 25.8 Å². The third kappa shape index (κ3) is 12.4. The molecule has 0 saturated heterocycles. The van der Waals surface area contributed by atoms with Gasteiger partial charge in [-0.15, -0.1) is 48.1 Å². The second kappa shape index (κ2) is 24.4. The molecule has 0 bridgehead atoms. The minimum Gasteiger partial charge on any atom is -0.509 e. The second-order valence-electron chi connectivity index (χ2n) is 30.3. The van der Waals surface area contributed by atoms with Crippen LogP contribution in [0.1, 0.15) is 132 Å². The Labute approximate surface area is 568 Å². The van der Waals surface area contributed by atoms with Crippen molar-refractivity contribution in [1.29, 1.82) is 0 Å². The Bertz CT molecular complexity index is 4570. The minimum atomic E-state index is -2.87. The standard InChI is InChI=1S/C86H85N4OSi.Pt/c1-82(2,3)61-44-45-87-80(54-61)90-77-43-40-58(60-46-62(83(4,5)6)50-63(47-60)84(7,8)9)49-76(77)75-42-41-69(56-79(75)90)91-68-30-26-29-66(55-68)88-57-89(67-52-64(85(10,11)12)51-65(53-67)86(13,14)15)81-74(38-27-39-78(81)88)59-28-25-37-73(48-59)92(70-31-19-16-20-32-70,71-33-21-17-22-34-71)72-35-23-18-24-36-72;/h16-54,57H,1-15H3;/q-3;. The summed E-state index contributed by atoms with van der Waals surface area (Å²) in [6.07, 6.45) is 1.93. The van der Waals surface area contributed by atoms with E-state index in [9.17, 15) is 0 Å². The summed E-state index contributed by atoms with van der Waals surface area (Å²) in [5.41, 5.74) is 16.8. The van der Waals surface area contributed by atoms with Crippen LogP contribution in [0.3, 0.4) is 0 Å². The van der Waals surface area contributed by atoms with E-state index in [1.165, 1.54) is 59.7 Å². The van der Waals surface area contributed by atoms with Crippen LogP contribution in [-0.4, -0.2) is 17.6 Å². The summed E-state index contributed by atoms with van der Waals surface area (Å²) in [7, 11) is -2.87. The Morgan fingerprint density at radius 2 is 0.925 bits per heavy atom. The Morgan fingerprint density at radius 3 is 1.49 bits per heavy atom. The Balaban J connectivity index is 0.00000832. The minimum absolute atomic E-state index is 0. The summed E-state index contributed by atoms with van der Waals surface area (Å²) >= 11 is 0. The largest absolute Gasteiger partial charge is 0.509 e. The van der Waals surface area contributed by atoms with Crippen molar-refractivity contribution in [3.05, 3.63) is 283 Å². The molecule has 0 N–H and O–H groups in total. The first-order chi connectivity index (χ1) is 43.7. The molecule has 0 unspecified atom stereocenters. The van der Waals surface area contributed by atoms with Gasteiger partial charge in [0, 0.05) is 66.9 Å². The van der Waals surface area contributed by atoms with Crippen molar-refractivity contribution in [2.75, 3.05) is 9.80 Å². The average molecular weight is 1410 g/mol. The monoisotopic (exact) mass is 1410 g/mol. The molecule has 0 spiro atoms. The van der Waals surface area contributed by atoms with Crippen LogP contribution in [0, 0.1) is 18.8 Å². The maximum atomic E-state index is 6.99. The fourth-order valence-corrected chi connectivity index (χ4v) is 18.1. The molecule has 0 amide bonds. The van der Waals surface area contributed by atoms with Crippen molar-refractivity contribution in [2.24, 2.45) is 0 Å². The number of nitrogens with zero attached hydrogens (tertiary/aromatic N) is 4. The van der Waals surface area contributed by atoms with Gasteiger partial charge in [-0.25, -0.2) is 4.98 Å². The fourth-order valence-electron chi connectivity index (χ4n) is 13.3. The van der Waals surface area contributed by atoms with Crippen molar-refractivity contribution in [3.63, 3.8) is 0 Å². The number of rotatable bonds is 11. The van der Waals surface area contributed by atoms with Crippen LogP contribution in [0.25, 0.3) is 49.9 Å². The third-order valence-corrected chi connectivity index (χ3v) is 23.4. The zero-order valence-electron chi connectivity index (χ0n) is 56.6. The number of fused-ring (bicyclic) bond motifs is 4. The van der Waals surface area contributed by atoms with Crippen molar-refractivity contribution >= 4 is 73.4 Å². The van der Waals surface area contributed by atoms with Gasteiger partial charge in [0.1, 0.15) is 5.82 Å². The smallest absolute Gasteiger partial charge is 0.179 e. The van der Waals surface area contributed by atoms with Gasteiger partial charge >= 0.3 is 0 Å². The van der Waals surface area contributed by atoms with Gasteiger partial charge in [0.25, 0.3) is 0 Å². The van der Waals surface area contributed by atoms with Crippen LogP contribution in [0.5, 0.6) is 11.5 Å². The number of pyridine rings is 1. The quantitative estimate of drug-likeness (QED) is 0.0734. The van der Waals surface area contributed by atoms with Crippen LogP contribution in [0.15, 0.2) is 237 Å². The topological polar surface area (TPSA) is 33.5 Å². The summed E-state index contributed by atoms with van der Waals surface area (Å²) in [6, 6.07) is 93.4. The van der Waals surface area contributed by atoms with E-state index >= 15 is 0 Å². The zero-order valence-corrected chi connectivity index (χ0v) is 59.9. The Morgan fingerprint density at radius 1 is 0.398 bits per heavy atom. The summed E-state index contributed by atoms with van der Waals surface area (Å²) in [5, 5.41) is 7.53. The van der Waals surface area contributed by atoms with Crippen molar-refractivity contribution in [2.45, 2.75) is 131 Å². The van der Waals surface area contributed by atoms with E-state index in [0.29, 0.717) is 11.5 Å². The van der Waals surface area contributed by atoms with Crippen molar-refractivity contribution in [1.82, 2.24) is 9.55 Å². The Kier molecular flexibility index (Phi) is 16.9. The second-order valence-corrected chi connectivity index (χ2v) is 34.1. The van der Waals surface area contributed by atoms with E-state index in [0.717, 1.165) is 61.5 Å². The number of aromatic nitrogens is 2. The molecule has 0 fully saturated rings. The number of benzene rings is 10. The molecule has 0 radical (unpaired) electrons. The van der Waals surface area contributed by atoms with Crippen LogP contribution in [-0.2, 0) is 48.1 Å². The summed E-state index contributed by atoms with van der Waals surface area (Å²) in [5.74, 6) is 2.00. The molecule has 2 aromatic heterocycles. The summed E-state index contributed by atoms with van der Waals surface area (Å²) < 4.78 is 9.25. The van der Waals surface area contributed by atoms with E-state index in [4.69, 9.17) is 9.72 Å². The van der Waals surface area contributed by atoms with E-state index in [1.54, 1.807) is 0 Å². The fraction of sp³-hybridized carbons (Fsp3) is 0.233. The molecule has 472 valence electrons. The first kappa shape index (κ1) is 64.6. The molecule has 5 nitrogen and oxygen atoms in total. The molecule has 10 aromatic carbocycles. The van der Waals surface area contributed by atoms with Gasteiger partial charge < -0.3 is 19.1 Å². The van der Waals surface area contributed by atoms with Crippen LogP contribution in [0.4, 0.5) is 22.7 Å². The van der Waals surface area contributed by atoms with Gasteiger partial charge in [0.2, 0.25) is 0 Å². The molecular weight excluding hydrogens is 1330 g/mol. The summed E-state index contributed by atoms with van der Waals surface area (Å²) in [6.45, 7) is 36.7. The maximum Gasteiger partial charge on any atom is 0.179 e. The van der Waals surface area contributed by atoms with Gasteiger partial charge in [-0.3, -0.25) is 0 Å². The third-order valence-electron chi connectivity index (χ3n) is 18.6. The predicted octanol–water partition coefficient (Wildman–Crippen LogP) is 20.2. The maximum absolute atomic E-state index is 6.99. The number of ether oxygens (including phenoxy) is 1. The van der Waals surface area contributed by atoms with Gasteiger partial charge in [0.05, 0.1) is 0 Å². The number of para-hydroxylation sites is 1. The first-order valence-corrected chi connectivity index (χ1v) is 34.6. The first-order valence-electron chi connectivity index (χ1n) is 32.6.